The fourth-order valence-corrected chi connectivity index (χ4v) is 7.03. The number of benzene rings is 3. The molecule has 4 atom stereocenters. The molecule has 0 radical (unpaired) electrons. The van der Waals surface area contributed by atoms with E-state index in [0.29, 0.717) is 35.0 Å². The summed E-state index contributed by atoms with van der Waals surface area (Å²) in [5, 5.41) is 9.70. The van der Waals surface area contributed by atoms with Gasteiger partial charge in [0.1, 0.15) is 17.0 Å². The Hall–Kier alpha value is -3.66. The van der Waals surface area contributed by atoms with Gasteiger partial charge in [-0.25, -0.2) is 9.18 Å². The first kappa shape index (κ1) is 33.7. The predicted molar refractivity (Wildman–Crippen MR) is 178 cm³/mol. The molecule has 3 N–H and O–H groups in total. The number of methoxy groups -OCH3 is 1. The Labute approximate surface area is 278 Å². The van der Waals surface area contributed by atoms with Crippen LogP contribution in [-0.2, 0) is 19.7 Å². The number of unbranched alkanes of at least 4 members (excludes halogenated alkanes) is 1. The topological polar surface area (TPSA) is 106 Å². The zero-order valence-corrected chi connectivity index (χ0v) is 27.9. The molecule has 1 unspecified atom stereocenters. The first-order valence-electron chi connectivity index (χ1n) is 15.3. The number of esters is 1. The molecule has 46 heavy (non-hydrogen) atoms. The molecular formula is C35H38Cl2FN3O5. The van der Waals surface area contributed by atoms with Crippen LogP contribution in [0.4, 0.5) is 15.8 Å². The molecule has 1 fully saturated rings. The van der Waals surface area contributed by atoms with Crippen LogP contribution >= 0.6 is 23.2 Å². The number of rotatable bonds is 9. The van der Waals surface area contributed by atoms with Crippen LogP contribution in [0.5, 0.6) is 5.75 Å². The number of halogens is 3. The van der Waals surface area contributed by atoms with Gasteiger partial charge in [0, 0.05) is 22.7 Å². The van der Waals surface area contributed by atoms with E-state index in [1.807, 2.05) is 27.7 Å². The Morgan fingerprint density at radius 3 is 2.54 bits per heavy atom. The molecule has 2 amide bonds. The second-order valence-electron chi connectivity index (χ2n) is 13.0. The summed E-state index contributed by atoms with van der Waals surface area (Å²) in [5.74, 6) is -2.86. The summed E-state index contributed by atoms with van der Waals surface area (Å²) in [6, 6.07) is 12.7. The summed E-state index contributed by atoms with van der Waals surface area (Å²) in [5.41, 5.74) is 0.160. The van der Waals surface area contributed by atoms with Gasteiger partial charge in [0.2, 0.25) is 11.8 Å². The van der Waals surface area contributed by atoms with Crippen LogP contribution in [0.15, 0.2) is 54.6 Å². The molecule has 0 bridgehead atoms. The van der Waals surface area contributed by atoms with E-state index >= 15 is 4.39 Å². The summed E-state index contributed by atoms with van der Waals surface area (Å²) in [6.07, 6.45) is 2.11. The van der Waals surface area contributed by atoms with Gasteiger partial charge in [-0.15, -0.1) is 0 Å². The van der Waals surface area contributed by atoms with Crippen LogP contribution in [0.1, 0.15) is 74.4 Å². The molecule has 5 rings (SSSR count). The number of carbonyl (C=O) groups excluding carboxylic acids is 3. The number of amides is 2. The largest absolute Gasteiger partial charge is 0.491 e. The number of carbonyl (C=O) groups is 3. The van der Waals surface area contributed by atoms with Crippen LogP contribution in [0, 0.1) is 11.2 Å². The lowest BCUT2D eigenvalue weighted by Gasteiger charge is -2.37. The molecule has 244 valence electrons. The number of fused-ring (bicyclic) bond motifs is 2. The summed E-state index contributed by atoms with van der Waals surface area (Å²) in [6.45, 7) is 8.51. The Morgan fingerprint density at radius 1 is 1.09 bits per heavy atom. The van der Waals surface area contributed by atoms with E-state index in [0.717, 1.165) is 12.8 Å². The molecule has 0 saturated carbocycles. The standard InChI is InChI=1S/C35H38Cl2FN3O5/c1-6-7-15-46-26-16-19(32(43)45-5)11-14-24(26)39-31(42)30-28(21-9-8-10-23(37)29(21)38)35(27(41-30)18-34(2,3)4)22-13-12-20(36)17-25(22)40-33(35)44/h8-14,16-17,27-28,30,41H,6-7,15,18H2,1-5H3,(H,39,42)(H,40,44)/t27-,28?,30+,35+/m0/s1. The third kappa shape index (κ3) is 6.20. The van der Waals surface area contributed by atoms with Gasteiger partial charge in [-0.05, 0) is 65.8 Å². The van der Waals surface area contributed by atoms with Crippen molar-refractivity contribution in [1.29, 1.82) is 0 Å². The number of ether oxygens (including phenoxy) is 2. The average Bonchev–Trinajstić information content (AvgIpc) is 3.47. The number of hydrogen-bond acceptors (Lipinski definition) is 6. The van der Waals surface area contributed by atoms with E-state index in [1.54, 1.807) is 36.4 Å². The Morgan fingerprint density at radius 2 is 1.85 bits per heavy atom. The summed E-state index contributed by atoms with van der Waals surface area (Å²) < 4.78 is 26.9. The fraction of sp³-hybridized carbons (Fsp3) is 0.400. The zero-order valence-electron chi connectivity index (χ0n) is 26.4. The van der Waals surface area contributed by atoms with Crippen molar-refractivity contribution in [2.75, 3.05) is 24.4 Å². The normalized spacial score (nSPS) is 22.0. The predicted octanol–water partition coefficient (Wildman–Crippen LogP) is 7.49. The highest BCUT2D eigenvalue weighted by Gasteiger charge is 2.66. The fourth-order valence-electron chi connectivity index (χ4n) is 6.68. The van der Waals surface area contributed by atoms with Gasteiger partial charge in [0.25, 0.3) is 0 Å². The highest BCUT2D eigenvalue weighted by molar-refractivity contribution is 6.31. The molecule has 8 nitrogen and oxygen atoms in total. The molecule has 2 aliphatic rings. The first-order chi connectivity index (χ1) is 21.8. The van der Waals surface area contributed by atoms with E-state index in [4.69, 9.17) is 32.7 Å². The summed E-state index contributed by atoms with van der Waals surface area (Å²) in [4.78, 5) is 41.1. The van der Waals surface area contributed by atoms with Crippen LogP contribution < -0.4 is 20.7 Å². The van der Waals surface area contributed by atoms with Gasteiger partial charge in [-0.3, -0.25) is 9.59 Å². The molecule has 0 aromatic heterocycles. The van der Waals surface area contributed by atoms with Crippen molar-refractivity contribution in [2.45, 2.75) is 70.4 Å². The Bertz CT molecular complexity index is 1680. The van der Waals surface area contributed by atoms with Gasteiger partial charge in [0.05, 0.1) is 36.0 Å². The Balaban J connectivity index is 1.66. The SMILES string of the molecule is CCCCOc1cc(C(=O)OC)ccc1NC(=O)[C@@H]1N[C@@H](CC(C)(C)C)[C@@]2(C(=O)Nc3cc(Cl)ccc32)C1c1cccc(Cl)c1F. The zero-order chi connectivity index (χ0) is 33.4. The van der Waals surface area contributed by atoms with E-state index in [-0.39, 0.29) is 33.2 Å². The summed E-state index contributed by atoms with van der Waals surface area (Å²) in [7, 11) is 1.28. The van der Waals surface area contributed by atoms with Crippen molar-refractivity contribution < 1.29 is 28.2 Å². The van der Waals surface area contributed by atoms with Gasteiger partial charge >= 0.3 is 5.97 Å². The molecule has 3 aromatic rings. The molecule has 2 heterocycles. The van der Waals surface area contributed by atoms with Gasteiger partial charge in [-0.1, -0.05) is 75.5 Å². The van der Waals surface area contributed by atoms with E-state index in [2.05, 4.69) is 16.0 Å². The maximum absolute atomic E-state index is 16.1. The minimum absolute atomic E-state index is 0.120. The molecule has 1 saturated heterocycles. The van der Waals surface area contributed by atoms with Crippen molar-refractivity contribution >= 4 is 52.4 Å². The first-order valence-corrected chi connectivity index (χ1v) is 16.0. The lowest BCUT2D eigenvalue weighted by Crippen LogP contribution is -2.49. The Kier molecular flexibility index (Phi) is 9.68. The molecular weight excluding hydrogens is 632 g/mol. The second-order valence-corrected chi connectivity index (χ2v) is 13.8. The minimum atomic E-state index is -1.39. The van der Waals surface area contributed by atoms with Crippen molar-refractivity contribution in [2.24, 2.45) is 5.41 Å². The van der Waals surface area contributed by atoms with Crippen molar-refractivity contribution in [3.63, 3.8) is 0 Å². The van der Waals surface area contributed by atoms with Crippen LogP contribution in [0.2, 0.25) is 10.0 Å². The third-order valence-corrected chi connectivity index (χ3v) is 9.16. The quantitative estimate of drug-likeness (QED) is 0.161. The lowest BCUT2D eigenvalue weighted by molar-refractivity contribution is -0.122. The molecule has 1 spiro atoms. The second kappa shape index (κ2) is 13.2. The number of anilines is 2. The van der Waals surface area contributed by atoms with Crippen molar-refractivity contribution in [1.82, 2.24) is 5.32 Å². The van der Waals surface area contributed by atoms with E-state index < -0.39 is 41.1 Å². The highest BCUT2D eigenvalue weighted by atomic mass is 35.5. The van der Waals surface area contributed by atoms with Crippen LogP contribution in [0.25, 0.3) is 0 Å². The maximum atomic E-state index is 16.1. The van der Waals surface area contributed by atoms with Gasteiger partial charge in [0.15, 0.2) is 0 Å². The molecule has 2 aliphatic heterocycles. The highest BCUT2D eigenvalue weighted by Crippen LogP contribution is 2.57. The van der Waals surface area contributed by atoms with Gasteiger partial charge in [-0.2, -0.15) is 0 Å². The number of nitrogens with one attached hydrogen (secondary N) is 3. The monoisotopic (exact) mass is 669 g/mol. The maximum Gasteiger partial charge on any atom is 0.337 e. The average molecular weight is 671 g/mol. The summed E-state index contributed by atoms with van der Waals surface area (Å²) >= 11 is 12.6. The molecule has 3 aromatic carbocycles. The van der Waals surface area contributed by atoms with Crippen LogP contribution in [0.3, 0.4) is 0 Å². The number of hydrogen-bond donors (Lipinski definition) is 3. The molecule has 11 heteroatoms. The molecule has 0 aliphatic carbocycles. The van der Waals surface area contributed by atoms with Crippen molar-refractivity contribution in [3.05, 3.63) is 87.2 Å². The third-order valence-electron chi connectivity index (χ3n) is 8.64. The van der Waals surface area contributed by atoms with E-state index in [1.165, 1.54) is 25.3 Å². The van der Waals surface area contributed by atoms with Crippen LogP contribution in [-0.4, -0.2) is 43.6 Å². The minimum Gasteiger partial charge on any atom is -0.491 e. The smallest absolute Gasteiger partial charge is 0.337 e. The lowest BCUT2D eigenvalue weighted by atomic mass is 9.62. The van der Waals surface area contributed by atoms with Gasteiger partial charge < -0.3 is 25.4 Å². The van der Waals surface area contributed by atoms with E-state index in [9.17, 15) is 14.4 Å². The van der Waals surface area contributed by atoms with Crippen molar-refractivity contribution in [3.8, 4) is 5.75 Å².